The lowest BCUT2D eigenvalue weighted by molar-refractivity contribution is 0.251. The molecule has 0 aromatic heterocycles. The summed E-state index contributed by atoms with van der Waals surface area (Å²) in [5, 5.41) is 5.04. The molecule has 0 fully saturated rings. The van der Waals surface area contributed by atoms with Gasteiger partial charge in [-0.1, -0.05) is 51.9 Å². The molecule has 3 nitrogen and oxygen atoms in total. The molecular formula is C17H26F2N2O. The second-order valence-electron chi connectivity index (χ2n) is 5.48. The van der Waals surface area contributed by atoms with E-state index in [4.69, 9.17) is 0 Å². The molecule has 1 aromatic rings. The zero-order chi connectivity index (χ0) is 16.2. The van der Waals surface area contributed by atoms with E-state index >= 15 is 0 Å². The van der Waals surface area contributed by atoms with Crippen LogP contribution in [0.5, 0.6) is 0 Å². The standard InChI is InChI=1S/C17H26F2N2O/c1-2-3-4-5-6-7-8-9-12-20-17(22)21-16-11-10-14(18)13-15(16)19/h10-11,13H,2-9,12H2,1H3,(H2,20,21,22). The van der Waals surface area contributed by atoms with Gasteiger partial charge in [-0.05, 0) is 18.6 Å². The molecular weight excluding hydrogens is 286 g/mol. The minimum Gasteiger partial charge on any atom is -0.338 e. The van der Waals surface area contributed by atoms with E-state index in [-0.39, 0.29) is 5.69 Å². The fourth-order valence-corrected chi connectivity index (χ4v) is 2.22. The van der Waals surface area contributed by atoms with Crippen LogP contribution in [0.25, 0.3) is 0 Å². The highest BCUT2D eigenvalue weighted by atomic mass is 19.1. The van der Waals surface area contributed by atoms with Gasteiger partial charge in [0.1, 0.15) is 11.6 Å². The van der Waals surface area contributed by atoms with E-state index in [1.54, 1.807) is 0 Å². The Bertz CT molecular complexity index is 452. The molecule has 2 amide bonds. The second-order valence-corrected chi connectivity index (χ2v) is 5.48. The van der Waals surface area contributed by atoms with E-state index < -0.39 is 17.7 Å². The van der Waals surface area contributed by atoms with E-state index in [2.05, 4.69) is 17.6 Å². The minimum absolute atomic E-state index is 0.0187. The number of hydrogen-bond donors (Lipinski definition) is 2. The summed E-state index contributed by atoms with van der Waals surface area (Å²) in [7, 11) is 0. The predicted molar refractivity (Wildman–Crippen MR) is 86.0 cm³/mol. The molecule has 5 heteroatoms. The van der Waals surface area contributed by atoms with Crippen molar-refractivity contribution in [1.82, 2.24) is 5.32 Å². The lowest BCUT2D eigenvalue weighted by Crippen LogP contribution is -2.29. The van der Waals surface area contributed by atoms with Crippen LogP contribution in [0.1, 0.15) is 58.3 Å². The van der Waals surface area contributed by atoms with Crippen molar-refractivity contribution in [3.8, 4) is 0 Å². The SMILES string of the molecule is CCCCCCCCCCNC(=O)Nc1ccc(F)cc1F. The Morgan fingerprint density at radius 1 is 1.00 bits per heavy atom. The van der Waals surface area contributed by atoms with Crippen molar-refractivity contribution in [2.45, 2.75) is 58.3 Å². The molecule has 0 saturated carbocycles. The van der Waals surface area contributed by atoms with Crippen LogP contribution < -0.4 is 10.6 Å². The number of carbonyl (C=O) groups is 1. The van der Waals surface area contributed by atoms with Crippen molar-refractivity contribution in [1.29, 1.82) is 0 Å². The topological polar surface area (TPSA) is 41.1 Å². The molecule has 0 spiro atoms. The van der Waals surface area contributed by atoms with Gasteiger partial charge in [0.2, 0.25) is 0 Å². The van der Waals surface area contributed by atoms with Gasteiger partial charge in [0.15, 0.2) is 0 Å². The number of unbranched alkanes of at least 4 members (excludes halogenated alkanes) is 7. The number of benzene rings is 1. The number of urea groups is 1. The Morgan fingerprint density at radius 2 is 1.64 bits per heavy atom. The first-order valence-corrected chi connectivity index (χ1v) is 8.13. The largest absolute Gasteiger partial charge is 0.338 e. The lowest BCUT2D eigenvalue weighted by Gasteiger charge is -2.08. The highest BCUT2D eigenvalue weighted by molar-refractivity contribution is 5.89. The Morgan fingerprint density at radius 3 is 2.27 bits per heavy atom. The van der Waals surface area contributed by atoms with Crippen LogP contribution in [0.15, 0.2) is 18.2 Å². The predicted octanol–water partition coefficient (Wildman–Crippen LogP) is 5.23. The molecule has 2 N–H and O–H groups in total. The van der Waals surface area contributed by atoms with Crippen molar-refractivity contribution in [3.63, 3.8) is 0 Å². The van der Waals surface area contributed by atoms with E-state index in [0.29, 0.717) is 6.54 Å². The summed E-state index contributed by atoms with van der Waals surface area (Å²) in [4.78, 5) is 11.6. The summed E-state index contributed by atoms with van der Waals surface area (Å²) in [5.74, 6) is -1.44. The molecule has 0 saturated heterocycles. The third-order valence-corrected chi connectivity index (χ3v) is 3.50. The monoisotopic (exact) mass is 312 g/mol. The van der Waals surface area contributed by atoms with Gasteiger partial charge >= 0.3 is 6.03 Å². The first-order chi connectivity index (χ1) is 10.6. The van der Waals surface area contributed by atoms with Gasteiger partial charge in [0.05, 0.1) is 5.69 Å². The number of amides is 2. The zero-order valence-corrected chi connectivity index (χ0v) is 13.3. The number of rotatable bonds is 10. The Labute approximate surface area is 131 Å². The maximum absolute atomic E-state index is 13.3. The van der Waals surface area contributed by atoms with Crippen LogP contribution in [0, 0.1) is 11.6 Å². The summed E-state index contributed by atoms with van der Waals surface area (Å²) in [5.41, 5.74) is -0.0187. The zero-order valence-electron chi connectivity index (χ0n) is 13.3. The summed E-state index contributed by atoms with van der Waals surface area (Å²) in [6.07, 6.45) is 9.57. The number of halogens is 2. The molecule has 0 bridgehead atoms. The highest BCUT2D eigenvalue weighted by Crippen LogP contribution is 2.14. The third-order valence-electron chi connectivity index (χ3n) is 3.50. The fraction of sp³-hybridized carbons (Fsp3) is 0.588. The summed E-state index contributed by atoms with van der Waals surface area (Å²) >= 11 is 0. The molecule has 1 aromatic carbocycles. The molecule has 124 valence electrons. The van der Waals surface area contributed by atoms with E-state index in [0.717, 1.165) is 25.0 Å². The van der Waals surface area contributed by atoms with Crippen molar-refractivity contribution >= 4 is 11.7 Å². The van der Waals surface area contributed by atoms with Gasteiger partial charge in [0.25, 0.3) is 0 Å². The first-order valence-electron chi connectivity index (χ1n) is 8.13. The van der Waals surface area contributed by atoms with Crippen LogP contribution in [0.3, 0.4) is 0 Å². The van der Waals surface area contributed by atoms with Gasteiger partial charge in [-0.15, -0.1) is 0 Å². The first kappa shape index (κ1) is 18.4. The third kappa shape index (κ3) is 7.96. The van der Waals surface area contributed by atoms with Gasteiger partial charge < -0.3 is 10.6 Å². The van der Waals surface area contributed by atoms with Crippen molar-refractivity contribution in [3.05, 3.63) is 29.8 Å². The molecule has 0 unspecified atom stereocenters. The average Bonchev–Trinajstić information content (AvgIpc) is 2.48. The van der Waals surface area contributed by atoms with Crippen LogP contribution >= 0.6 is 0 Å². The van der Waals surface area contributed by atoms with E-state index in [1.165, 1.54) is 44.6 Å². The summed E-state index contributed by atoms with van der Waals surface area (Å²) < 4.78 is 26.1. The van der Waals surface area contributed by atoms with Crippen molar-refractivity contribution in [2.24, 2.45) is 0 Å². The molecule has 0 heterocycles. The highest BCUT2D eigenvalue weighted by Gasteiger charge is 2.07. The number of nitrogens with one attached hydrogen (secondary N) is 2. The van der Waals surface area contributed by atoms with Crippen LogP contribution in [-0.2, 0) is 0 Å². The van der Waals surface area contributed by atoms with E-state index in [9.17, 15) is 13.6 Å². The lowest BCUT2D eigenvalue weighted by atomic mass is 10.1. The molecule has 0 radical (unpaired) electrons. The maximum Gasteiger partial charge on any atom is 0.319 e. The van der Waals surface area contributed by atoms with Crippen LogP contribution in [0.2, 0.25) is 0 Å². The van der Waals surface area contributed by atoms with Crippen molar-refractivity contribution < 1.29 is 13.6 Å². The summed E-state index contributed by atoms with van der Waals surface area (Å²) in [6.45, 7) is 2.76. The molecule has 1 rings (SSSR count). The molecule has 0 aliphatic rings. The fourth-order valence-electron chi connectivity index (χ4n) is 2.22. The number of carbonyl (C=O) groups excluding carboxylic acids is 1. The Hall–Kier alpha value is -1.65. The molecule has 0 aliphatic heterocycles. The van der Waals surface area contributed by atoms with Gasteiger partial charge in [-0.25, -0.2) is 13.6 Å². The van der Waals surface area contributed by atoms with Gasteiger partial charge in [-0.3, -0.25) is 0 Å². The number of hydrogen-bond acceptors (Lipinski definition) is 1. The molecule has 0 aliphatic carbocycles. The van der Waals surface area contributed by atoms with Gasteiger partial charge in [-0.2, -0.15) is 0 Å². The quantitative estimate of drug-likeness (QED) is 0.571. The molecule has 22 heavy (non-hydrogen) atoms. The van der Waals surface area contributed by atoms with E-state index in [1.807, 2.05) is 0 Å². The smallest absolute Gasteiger partial charge is 0.319 e. The normalized spacial score (nSPS) is 10.5. The van der Waals surface area contributed by atoms with Gasteiger partial charge in [0, 0.05) is 12.6 Å². The second kappa shape index (κ2) is 11.0. The molecule has 0 atom stereocenters. The van der Waals surface area contributed by atoms with Crippen LogP contribution in [0.4, 0.5) is 19.3 Å². The van der Waals surface area contributed by atoms with Crippen molar-refractivity contribution in [2.75, 3.05) is 11.9 Å². The summed E-state index contributed by atoms with van der Waals surface area (Å²) in [6, 6.07) is 2.60. The Balaban J connectivity index is 2.06. The Kier molecular flexibility index (Phi) is 9.19. The maximum atomic E-state index is 13.3. The van der Waals surface area contributed by atoms with Crippen LogP contribution in [-0.4, -0.2) is 12.6 Å². The average molecular weight is 312 g/mol. The number of anilines is 1. The minimum atomic E-state index is -0.776.